The van der Waals surface area contributed by atoms with Gasteiger partial charge in [0, 0.05) is 16.6 Å². The molecular weight excluding hydrogens is 246 g/mol. The van der Waals surface area contributed by atoms with Crippen molar-refractivity contribution in [3.8, 4) is 11.3 Å². The van der Waals surface area contributed by atoms with Gasteiger partial charge in [-0.15, -0.1) is 0 Å². The number of aromatic nitrogens is 1. The van der Waals surface area contributed by atoms with Crippen molar-refractivity contribution < 1.29 is 8.78 Å². The van der Waals surface area contributed by atoms with E-state index in [1.54, 1.807) is 6.07 Å². The molecule has 0 bridgehead atoms. The molecule has 3 rings (SSSR count). The molecule has 1 aromatic heterocycles. The first-order valence-corrected chi connectivity index (χ1v) is 5.76. The van der Waals surface area contributed by atoms with Gasteiger partial charge in [-0.05, 0) is 30.3 Å². The van der Waals surface area contributed by atoms with Crippen molar-refractivity contribution in [2.45, 2.75) is 0 Å². The van der Waals surface area contributed by atoms with Crippen LogP contribution < -0.4 is 5.73 Å². The molecule has 0 aliphatic carbocycles. The van der Waals surface area contributed by atoms with Gasteiger partial charge in [0.25, 0.3) is 0 Å². The number of nitrogens with zero attached hydrogens (tertiary/aromatic N) is 1. The Labute approximate surface area is 108 Å². The van der Waals surface area contributed by atoms with Crippen LogP contribution in [0.25, 0.3) is 22.2 Å². The van der Waals surface area contributed by atoms with Crippen LogP contribution >= 0.6 is 0 Å². The number of nitrogen functional groups attached to an aromatic ring is 1. The van der Waals surface area contributed by atoms with Crippen LogP contribution in [0.1, 0.15) is 0 Å². The van der Waals surface area contributed by atoms with Gasteiger partial charge in [-0.25, -0.2) is 13.8 Å². The lowest BCUT2D eigenvalue weighted by Gasteiger charge is -2.06. The lowest BCUT2D eigenvalue weighted by molar-refractivity contribution is 0.509. The monoisotopic (exact) mass is 256 g/mol. The molecule has 0 aliphatic heterocycles. The van der Waals surface area contributed by atoms with E-state index in [0.29, 0.717) is 16.9 Å². The van der Waals surface area contributed by atoms with Crippen LogP contribution in [-0.2, 0) is 0 Å². The number of rotatable bonds is 1. The van der Waals surface area contributed by atoms with Crippen LogP contribution in [-0.4, -0.2) is 4.98 Å². The standard InChI is InChI=1S/C15H10F2N2/c16-11-6-5-9(7-12(11)17)15-8-13(18)10-3-1-2-4-14(10)19-15/h1-8H,(H2,18,19). The molecule has 19 heavy (non-hydrogen) atoms. The van der Waals surface area contributed by atoms with Crippen LogP contribution in [0.4, 0.5) is 14.5 Å². The third-order valence-corrected chi connectivity index (χ3v) is 2.96. The Hall–Kier alpha value is -2.49. The van der Waals surface area contributed by atoms with Crippen molar-refractivity contribution in [1.82, 2.24) is 4.98 Å². The SMILES string of the molecule is Nc1cc(-c2ccc(F)c(F)c2)nc2ccccc12. The fourth-order valence-corrected chi connectivity index (χ4v) is 2.01. The smallest absolute Gasteiger partial charge is 0.159 e. The summed E-state index contributed by atoms with van der Waals surface area (Å²) >= 11 is 0. The second-order valence-electron chi connectivity index (χ2n) is 4.24. The molecule has 0 saturated heterocycles. The van der Waals surface area contributed by atoms with Crippen LogP contribution in [0, 0.1) is 11.6 Å². The van der Waals surface area contributed by atoms with Gasteiger partial charge in [0.1, 0.15) is 0 Å². The van der Waals surface area contributed by atoms with Crippen molar-refractivity contribution in [2.24, 2.45) is 0 Å². The minimum absolute atomic E-state index is 0.497. The van der Waals surface area contributed by atoms with Crippen molar-refractivity contribution in [3.63, 3.8) is 0 Å². The van der Waals surface area contributed by atoms with E-state index in [1.165, 1.54) is 6.07 Å². The zero-order chi connectivity index (χ0) is 13.4. The van der Waals surface area contributed by atoms with Gasteiger partial charge in [0.05, 0.1) is 11.2 Å². The number of para-hydroxylation sites is 1. The highest BCUT2D eigenvalue weighted by Gasteiger charge is 2.08. The molecule has 0 atom stereocenters. The molecule has 0 aliphatic rings. The van der Waals surface area contributed by atoms with Gasteiger partial charge in [0.2, 0.25) is 0 Å². The average Bonchev–Trinajstić information content (AvgIpc) is 2.42. The third-order valence-electron chi connectivity index (χ3n) is 2.96. The molecule has 0 spiro atoms. The molecule has 4 heteroatoms. The Morgan fingerprint density at radius 1 is 0.895 bits per heavy atom. The molecule has 94 valence electrons. The summed E-state index contributed by atoms with van der Waals surface area (Å²) in [6.45, 7) is 0. The first-order chi connectivity index (χ1) is 9.15. The van der Waals surface area contributed by atoms with Crippen molar-refractivity contribution in [3.05, 3.63) is 60.2 Å². The van der Waals surface area contributed by atoms with Gasteiger partial charge in [0.15, 0.2) is 11.6 Å². The predicted molar refractivity (Wildman–Crippen MR) is 71.5 cm³/mol. The summed E-state index contributed by atoms with van der Waals surface area (Å²) in [4.78, 5) is 4.41. The number of hydrogen-bond donors (Lipinski definition) is 1. The second-order valence-corrected chi connectivity index (χ2v) is 4.24. The number of nitrogens with two attached hydrogens (primary N) is 1. The van der Waals surface area contributed by atoms with Gasteiger partial charge in [-0.3, -0.25) is 0 Å². The van der Waals surface area contributed by atoms with E-state index in [-0.39, 0.29) is 0 Å². The van der Waals surface area contributed by atoms with E-state index in [2.05, 4.69) is 4.98 Å². The average molecular weight is 256 g/mol. The Balaban J connectivity index is 2.22. The summed E-state index contributed by atoms with van der Waals surface area (Å²) in [5, 5.41) is 0.842. The first-order valence-electron chi connectivity index (χ1n) is 5.76. The number of fused-ring (bicyclic) bond motifs is 1. The number of benzene rings is 2. The van der Waals surface area contributed by atoms with Crippen molar-refractivity contribution in [1.29, 1.82) is 0 Å². The van der Waals surface area contributed by atoms with Crippen LogP contribution in [0.3, 0.4) is 0 Å². The Bertz CT molecular complexity index is 769. The van der Waals surface area contributed by atoms with Crippen molar-refractivity contribution in [2.75, 3.05) is 5.73 Å². The third kappa shape index (κ3) is 2.01. The molecule has 3 aromatic rings. The van der Waals surface area contributed by atoms with Crippen LogP contribution in [0.5, 0.6) is 0 Å². The molecule has 0 fully saturated rings. The number of anilines is 1. The maximum absolute atomic E-state index is 13.2. The largest absolute Gasteiger partial charge is 0.398 e. The molecule has 2 nitrogen and oxygen atoms in total. The second kappa shape index (κ2) is 4.31. The lowest BCUT2D eigenvalue weighted by Crippen LogP contribution is -1.93. The Kier molecular flexibility index (Phi) is 2.63. The first kappa shape index (κ1) is 11.6. The number of halogens is 2. The molecule has 1 heterocycles. The fraction of sp³-hybridized carbons (Fsp3) is 0. The molecule has 0 saturated carbocycles. The van der Waals surface area contributed by atoms with Crippen molar-refractivity contribution >= 4 is 16.6 Å². The highest BCUT2D eigenvalue weighted by molar-refractivity contribution is 5.92. The van der Waals surface area contributed by atoms with Gasteiger partial charge < -0.3 is 5.73 Å². The zero-order valence-corrected chi connectivity index (χ0v) is 9.90. The van der Waals surface area contributed by atoms with Gasteiger partial charge >= 0.3 is 0 Å². The van der Waals surface area contributed by atoms with Crippen LogP contribution in [0.2, 0.25) is 0 Å². The lowest BCUT2D eigenvalue weighted by atomic mass is 10.1. The quantitative estimate of drug-likeness (QED) is 0.720. The molecule has 0 amide bonds. The van der Waals surface area contributed by atoms with Gasteiger partial charge in [-0.2, -0.15) is 0 Å². The van der Waals surface area contributed by atoms with E-state index >= 15 is 0 Å². The molecule has 2 aromatic carbocycles. The Morgan fingerprint density at radius 3 is 2.47 bits per heavy atom. The van der Waals surface area contributed by atoms with E-state index < -0.39 is 11.6 Å². The fourth-order valence-electron chi connectivity index (χ4n) is 2.01. The maximum atomic E-state index is 13.2. The van der Waals surface area contributed by atoms with Crippen LogP contribution in [0.15, 0.2) is 48.5 Å². The highest BCUT2D eigenvalue weighted by Crippen LogP contribution is 2.26. The topological polar surface area (TPSA) is 38.9 Å². The highest BCUT2D eigenvalue weighted by atomic mass is 19.2. The predicted octanol–water partition coefficient (Wildman–Crippen LogP) is 3.76. The van der Waals surface area contributed by atoms with E-state index in [9.17, 15) is 8.78 Å². The normalized spacial score (nSPS) is 10.8. The number of pyridine rings is 1. The summed E-state index contributed by atoms with van der Waals surface area (Å²) in [6.07, 6.45) is 0. The summed E-state index contributed by atoms with van der Waals surface area (Å²) in [7, 11) is 0. The molecular formula is C15H10F2N2. The molecule has 2 N–H and O–H groups in total. The number of hydrogen-bond acceptors (Lipinski definition) is 2. The minimum atomic E-state index is -0.897. The molecule has 0 unspecified atom stereocenters. The zero-order valence-electron chi connectivity index (χ0n) is 9.90. The minimum Gasteiger partial charge on any atom is -0.398 e. The summed E-state index contributed by atoms with van der Waals surface area (Å²) in [5.74, 6) is -1.77. The summed E-state index contributed by atoms with van der Waals surface area (Å²) in [5.41, 5.74) is 8.26. The molecule has 0 radical (unpaired) electrons. The van der Waals surface area contributed by atoms with Gasteiger partial charge in [-0.1, -0.05) is 18.2 Å². The van der Waals surface area contributed by atoms with E-state index in [1.807, 2.05) is 24.3 Å². The van der Waals surface area contributed by atoms with E-state index in [4.69, 9.17) is 5.73 Å². The van der Waals surface area contributed by atoms with E-state index in [0.717, 1.165) is 23.0 Å². The maximum Gasteiger partial charge on any atom is 0.159 e. The summed E-state index contributed by atoms with van der Waals surface area (Å²) < 4.78 is 26.2. The Morgan fingerprint density at radius 2 is 1.68 bits per heavy atom. The summed E-state index contributed by atoms with van der Waals surface area (Å²) in [6, 6.07) is 12.8.